The summed E-state index contributed by atoms with van der Waals surface area (Å²) in [5, 5.41) is 6.66. The molecule has 94 valence electrons. The highest BCUT2D eigenvalue weighted by Crippen LogP contribution is 2.31. The van der Waals surface area contributed by atoms with E-state index in [0.717, 1.165) is 16.9 Å². The average molecular weight is 260 g/mol. The number of hydrogen-bond donors (Lipinski definition) is 0. The maximum atomic E-state index is 11.2. The summed E-state index contributed by atoms with van der Waals surface area (Å²) < 4.78 is 2.01. The molecule has 1 aliphatic carbocycles. The molecule has 0 bridgehead atoms. The SMILES string of the molecule is O=Cc1cn(C2CCCCC2)nc1-c1cccs1. The molecule has 0 amide bonds. The average Bonchev–Trinajstić information content (AvgIpc) is 3.08. The molecule has 0 spiro atoms. The van der Waals surface area contributed by atoms with E-state index in [-0.39, 0.29) is 0 Å². The highest BCUT2D eigenvalue weighted by Gasteiger charge is 2.19. The molecule has 0 aliphatic heterocycles. The van der Waals surface area contributed by atoms with Crippen LogP contribution in [0.2, 0.25) is 0 Å². The van der Waals surface area contributed by atoms with Crippen LogP contribution in [-0.4, -0.2) is 16.1 Å². The molecule has 0 N–H and O–H groups in total. The molecule has 3 rings (SSSR count). The Morgan fingerprint density at radius 1 is 1.33 bits per heavy atom. The van der Waals surface area contributed by atoms with Gasteiger partial charge in [0.05, 0.1) is 16.5 Å². The van der Waals surface area contributed by atoms with Crippen molar-refractivity contribution in [3.05, 3.63) is 29.3 Å². The lowest BCUT2D eigenvalue weighted by Gasteiger charge is -2.21. The number of aromatic nitrogens is 2. The zero-order valence-corrected chi connectivity index (χ0v) is 11.0. The van der Waals surface area contributed by atoms with Gasteiger partial charge in [-0.15, -0.1) is 11.3 Å². The summed E-state index contributed by atoms with van der Waals surface area (Å²) >= 11 is 1.63. The monoisotopic (exact) mass is 260 g/mol. The Hall–Kier alpha value is -1.42. The van der Waals surface area contributed by atoms with Crippen LogP contribution < -0.4 is 0 Å². The molecule has 1 saturated carbocycles. The Morgan fingerprint density at radius 3 is 2.83 bits per heavy atom. The first-order valence-electron chi connectivity index (χ1n) is 6.46. The minimum absolute atomic E-state index is 0.478. The number of rotatable bonds is 3. The molecule has 0 aromatic carbocycles. The Labute approximate surface area is 110 Å². The van der Waals surface area contributed by atoms with Crippen molar-refractivity contribution < 1.29 is 4.79 Å². The van der Waals surface area contributed by atoms with Crippen LogP contribution in [-0.2, 0) is 0 Å². The summed E-state index contributed by atoms with van der Waals surface area (Å²) in [4.78, 5) is 12.2. The fourth-order valence-electron chi connectivity index (χ4n) is 2.63. The van der Waals surface area contributed by atoms with Crippen molar-refractivity contribution in [1.82, 2.24) is 9.78 Å². The molecule has 0 unspecified atom stereocenters. The van der Waals surface area contributed by atoms with Gasteiger partial charge >= 0.3 is 0 Å². The number of carbonyl (C=O) groups is 1. The maximum Gasteiger partial charge on any atom is 0.153 e. The first-order valence-corrected chi connectivity index (χ1v) is 7.34. The third-order valence-electron chi connectivity index (χ3n) is 3.59. The summed E-state index contributed by atoms with van der Waals surface area (Å²) in [6, 6.07) is 4.49. The largest absolute Gasteiger partial charge is 0.298 e. The number of carbonyl (C=O) groups excluding carboxylic acids is 1. The van der Waals surface area contributed by atoms with Gasteiger partial charge < -0.3 is 0 Å². The maximum absolute atomic E-state index is 11.2. The minimum atomic E-state index is 0.478. The second-order valence-corrected chi connectivity index (χ2v) is 5.75. The summed E-state index contributed by atoms with van der Waals surface area (Å²) in [7, 11) is 0. The second-order valence-electron chi connectivity index (χ2n) is 4.80. The Morgan fingerprint density at radius 2 is 2.17 bits per heavy atom. The van der Waals surface area contributed by atoms with Gasteiger partial charge in [-0.2, -0.15) is 5.10 Å². The summed E-state index contributed by atoms with van der Waals surface area (Å²) in [6.07, 6.45) is 9.08. The van der Waals surface area contributed by atoms with Crippen LogP contribution in [0.15, 0.2) is 23.7 Å². The lowest BCUT2D eigenvalue weighted by molar-refractivity contribution is 0.112. The standard InChI is InChI=1S/C14H16N2OS/c17-10-11-9-16(12-5-2-1-3-6-12)15-14(11)13-7-4-8-18-13/h4,7-10,12H,1-3,5-6H2. The van der Waals surface area contributed by atoms with Crippen molar-refractivity contribution in [2.24, 2.45) is 0 Å². The third kappa shape index (κ3) is 2.12. The first-order chi connectivity index (χ1) is 8.88. The molecule has 3 nitrogen and oxygen atoms in total. The highest BCUT2D eigenvalue weighted by atomic mass is 32.1. The number of thiophene rings is 1. The van der Waals surface area contributed by atoms with E-state index >= 15 is 0 Å². The highest BCUT2D eigenvalue weighted by molar-refractivity contribution is 7.13. The Kier molecular flexibility index (Phi) is 3.28. The molecular formula is C14H16N2OS. The molecule has 2 heterocycles. The van der Waals surface area contributed by atoms with Crippen LogP contribution >= 0.6 is 11.3 Å². The molecule has 2 aromatic heterocycles. The van der Waals surface area contributed by atoms with E-state index < -0.39 is 0 Å². The van der Waals surface area contributed by atoms with Crippen LogP contribution in [0.25, 0.3) is 10.6 Å². The van der Waals surface area contributed by atoms with Crippen LogP contribution in [0.3, 0.4) is 0 Å². The van der Waals surface area contributed by atoms with E-state index in [4.69, 9.17) is 0 Å². The van der Waals surface area contributed by atoms with Gasteiger partial charge in [-0.1, -0.05) is 25.3 Å². The van der Waals surface area contributed by atoms with E-state index in [2.05, 4.69) is 5.10 Å². The zero-order chi connectivity index (χ0) is 12.4. The van der Waals surface area contributed by atoms with Gasteiger partial charge in [0.2, 0.25) is 0 Å². The molecule has 18 heavy (non-hydrogen) atoms. The normalized spacial score (nSPS) is 16.9. The van der Waals surface area contributed by atoms with Gasteiger partial charge in [0.15, 0.2) is 6.29 Å². The van der Waals surface area contributed by atoms with Crippen LogP contribution in [0.5, 0.6) is 0 Å². The lowest BCUT2D eigenvalue weighted by Crippen LogP contribution is -2.13. The van der Waals surface area contributed by atoms with Crippen LogP contribution in [0.1, 0.15) is 48.5 Å². The molecule has 0 radical (unpaired) electrons. The predicted octanol–water partition coefficient (Wildman–Crippen LogP) is 3.93. The molecule has 1 fully saturated rings. The van der Waals surface area contributed by atoms with E-state index in [1.54, 1.807) is 11.3 Å². The van der Waals surface area contributed by atoms with Gasteiger partial charge in [0.1, 0.15) is 5.69 Å². The van der Waals surface area contributed by atoms with E-state index in [9.17, 15) is 4.79 Å². The molecule has 2 aromatic rings. The first kappa shape index (κ1) is 11.7. The second kappa shape index (κ2) is 5.06. The minimum Gasteiger partial charge on any atom is -0.298 e. The Balaban J connectivity index is 1.95. The van der Waals surface area contributed by atoms with Crippen LogP contribution in [0.4, 0.5) is 0 Å². The fourth-order valence-corrected chi connectivity index (χ4v) is 3.36. The summed E-state index contributed by atoms with van der Waals surface area (Å²) in [5.74, 6) is 0. The van der Waals surface area contributed by atoms with Crippen molar-refractivity contribution in [3.63, 3.8) is 0 Å². The van der Waals surface area contributed by atoms with Crippen molar-refractivity contribution in [1.29, 1.82) is 0 Å². The van der Waals surface area contributed by atoms with Crippen molar-refractivity contribution >= 4 is 17.6 Å². The van der Waals surface area contributed by atoms with Gasteiger partial charge in [0, 0.05) is 6.20 Å². The predicted molar refractivity (Wildman–Crippen MR) is 73.0 cm³/mol. The van der Waals surface area contributed by atoms with Gasteiger partial charge in [-0.3, -0.25) is 9.48 Å². The summed E-state index contributed by atoms with van der Waals surface area (Å²) in [6.45, 7) is 0. The molecular weight excluding hydrogens is 244 g/mol. The number of nitrogens with zero attached hydrogens (tertiary/aromatic N) is 2. The topological polar surface area (TPSA) is 34.9 Å². The Bertz CT molecular complexity index is 524. The summed E-state index contributed by atoms with van der Waals surface area (Å²) in [5.41, 5.74) is 1.55. The fraction of sp³-hybridized carbons (Fsp3) is 0.429. The van der Waals surface area contributed by atoms with Crippen molar-refractivity contribution in [2.75, 3.05) is 0 Å². The van der Waals surface area contributed by atoms with Crippen molar-refractivity contribution in [3.8, 4) is 10.6 Å². The third-order valence-corrected chi connectivity index (χ3v) is 4.47. The lowest BCUT2D eigenvalue weighted by atomic mass is 9.96. The molecule has 1 aliphatic rings. The van der Waals surface area contributed by atoms with E-state index in [1.807, 2.05) is 28.4 Å². The van der Waals surface area contributed by atoms with E-state index in [1.165, 1.54) is 32.1 Å². The van der Waals surface area contributed by atoms with Gasteiger partial charge in [0.25, 0.3) is 0 Å². The van der Waals surface area contributed by atoms with Crippen molar-refractivity contribution in [2.45, 2.75) is 38.1 Å². The van der Waals surface area contributed by atoms with Gasteiger partial charge in [-0.05, 0) is 24.3 Å². The van der Waals surface area contributed by atoms with E-state index in [0.29, 0.717) is 11.6 Å². The number of hydrogen-bond acceptors (Lipinski definition) is 3. The quantitative estimate of drug-likeness (QED) is 0.784. The van der Waals surface area contributed by atoms with Gasteiger partial charge in [-0.25, -0.2) is 0 Å². The molecule has 4 heteroatoms. The zero-order valence-electron chi connectivity index (χ0n) is 10.2. The molecule has 0 saturated heterocycles. The number of aldehydes is 1. The smallest absolute Gasteiger partial charge is 0.153 e. The van der Waals surface area contributed by atoms with Crippen LogP contribution in [0, 0.1) is 0 Å². The molecule has 0 atom stereocenters.